The zero-order valence-electron chi connectivity index (χ0n) is 15.7. The van der Waals surface area contributed by atoms with E-state index in [1.165, 1.54) is 6.08 Å². The van der Waals surface area contributed by atoms with Gasteiger partial charge in [-0.05, 0) is 48.0 Å². The van der Waals surface area contributed by atoms with E-state index < -0.39 is 0 Å². The van der Waals surface area contributed by atoms with E-state index in [1.807, 2.05) is 66.7 Å². The third-order valence-corrected chi connectivity index (χ3v) is 5.05. The first kappa shape index (κ1) is 21.1. The van der Waals surface area contributed by atoms with Crippen LogP contribution in [0.15, 0.2) is 81.8 Å². The highest BCUT2D eigenvalue weighted by molar-refractivity contribution is 9.10. The molecule has 3 rings (SSSR count). The summed E-state index contributed by atoms with van der Waals surface area (Å²) in [5.74, 6) is 0.964. The van der Waals surface area contributed by atoms with Gasteiger partial charge in [-0.3, -0.25) is 4.79 Å². The molecular formula is C23H19Br2NO3. The van der Waals surface area contributed by atoms with E-state index in [2.05, 4.69) is 37.2 Å². The first-order valence-electron chi connectivity index (χ1n) is 8.84. The van der Waals surface area contributed by atoms with Gasteiger partial charge in [0.1, 0.15) is 6.61 Å². The minimum atomic E-state index is -0.232. The van der Waals surface area contributed by atoms with Gasteiger partial charge in [0.2, 0.25) is 5.91 Å². The van der Waals surface area contributed by atoms with Crippen molar-refractivity contribution in [2.45, 2.75) is 6.61 Å². The van der Waals surface area contributed by atoms with Crippen LogP contribution in [0.3, 0.4) is 0 Å². The van der Waals surface area contributed by atoms with Crippen LogP contribution in [0.1, 0.15) is 11.1 Å². The van der Waals surface area contributed by atoms with Crippen molar-refractivity contribution in [1.82, 2.24) is 0 Å². The van der Waals surface area contributed by atoms with Crippen LogP contribution in [-0.4, -0.2) is 13.0 Å². The number of methoxy groups -OCH3 is 1. The standard InChI is InChI=1S/C23H19Br2NO3/c1-28-21-7-2-4-17(23(21)29-15-16-8-11-18(24)12-9-16)10-13-22(27)26-20-6-3-5-19(25)14-20/h2-14H,15H2,1H3,(H,26,27)/b13-10+. The molecule has 0 fully saturated rings. The number of ether oxygens (including phenoxy) is 2. The summed E-state index contributed by atoms with van der Waals surface area (Å²) in [5, 5.41) is 2.83. The van der Waals surface area contributed by atoms with Crippen LogP contribution in [-0.2, 0) is 11.4 Å². The van der Waals surface area contributed by atoms with Gasteiger partial charge < -0.3 is 14.8 Å². The van der Waals surface area contributed by atoms with Gasteiger partial charge >= 0.3 is 0 Å². The van der Waals surface area contributed by atoms with Gasteiger partial charge in [-0.25, -0.2) is 0 Å². The molecule has 0 unspecified atom stereocenters. The highest BCUT2D eigenvalue weighted by atomic mass is 79.9. The first-order chi connectivity index (χ1) is 14.0. The molecule has 1 amide bonds. The summed E-state index contributed by atoms with van der Waals surface area (Å²) in [7, 11) is 1.59. The predicted octanol–water partition coefficient (Wildman–Crippen LogP) is 6.45. The van der Waals surface area contributed by atoms with Crippen LogP contribution in [0.5, 0.6) is 11.5 Å². The minimum Gasteiger partial charge on any atom is -0.493 e. The molecule has 0 aliphatic heterocycles. The van der Waals surface area contributed by atoms with Crippen molar-refractivity contribution in [3.05, 3.63) is 92.9 Å². The van der Waals surface area contributed by atoms with Crippen molar-refractivity contribution >= 4 is 49.5 Å². The third kappa shape index (κ3) is 6.21. The zero-order chi connectivity index (χ0) is 20.6. The molecule has 148 valence electrons. The minimum absolute atomic E-state index is 0.232. The molecule has 3 aromatic carbocycles. The second-order valence-electron chi connectivity index (χ2n) is 6.13. The fraction of sp³-hybridized carbons (Fsp3) is 0.0870. The Morgan fingerprint density at radius 1 is 1.00 bits per heavy atom. The maximum atomic E-state index is 12.3. The summed E-state index contributed by atoms with van der Waals surface area (Å²) in [6, 6.07) is 20.9. The molecule has 6 heteroatoms. The van der Waals surface area contributed by atoms with E-state index in [0.29, 0.717) is 23.8 Å². The molecular weight excluding hydrogens is 498 g/mol. The highest BCUT2D eigenvalue weighted by Gasteiger charge is 2.10. The molecule has 0 aromatic heterocycles. The Kier molecular flexibility index (Phi) is 7.49. The fourth-order valence-corrected chi connectivity index (χ4v) is 3.29. The molecule has 0 saturated heterocycles. The average Bonchev–Trinajstić information content (AvgIpc) is 2.72. The molecule has 0 saturated carbocycles. The lowest BCUT2D eigenvalue weighted by molar-refractivity contribution is -0.111. The molecule has 0 aliphatic rings. The van der Waals surface area contributed by atoms with Crippen LogP contribution in [0, 0.1) is 0 Å². The number of benzene rings is 3. The Morgan fingerprint density at radius 2 is 1.76 bits per heavy atom. The van der Waals surface area contributed by atoms with Crippen molar-refractivity contribution in [2.75, 3.05) is 12.4 Å². The molecule has 0 spiro atoms. The van der Waals surface area contributed by atoms with Gasteiger partial charge in [-0.2, -0.15) is 0 Å². The molecule has 0 heterocycles. The monoisotopic (exact) mass is 515 g/mol. The smallest absolute Gasteiger partial charge is 0.248 e. The normalized spacial score (nSPS) is 10.7. The van der Waals surface area contributed by atoms with E-state index in [-0.39, 0.29) is 5.91 Å². The molecule has 4 nitrogen and oxygen atoms in total. The molecule has 0 radical (unpaired) electrons. The number of amides is 1. The maximum Gasteiger partial charge on any atom is 0.248 e. The summed E-state index contributed by atoms with van der Waals surface area (Å²) >= 11 is 6.82. The quantitative estimate of drug-likeness (QED) is 0.367. The van der Waals surface area contributed by atoms with Crippen molar-refractivity contribution in [3.8, 4) is 11.5 Å². The lowest BCUT2D eigenvalue weighted by Gasteiger charge is -2.13. The lowest BCUT2D eigenvalue weighted by atomic mass is 10.1. The summed E-state index contributed by atoms with van der Waals surface area (Å²) in [6.07, 6.45) is 3.19. The SMILES string of the molecule is COc1cccc(/C=C/C(=O)Nc2cccc(Br)c2)c1OCc1ccc(Br)cc1. The summed E-state index contributed by atoms with van der Waals surface area (Å²) < 4.78 is 13.4. The highest BCUT2D eigenvalue weighted by Crippen LogP contribution is 2.33. The van der Waals surface area contributed by atoms with Crippen LogP contribution in [0.4, 0.5) is 5.69 Å². The summed E-state index contributed by atoms with van der Waals surface area (Å²) in [4.78, 5) is 12.3. The van der Waals surface area contributed by atoms with Crippen molar-refractivity contribution in [3.63, 3.8) is 0 Å². The molecule has 3 aromatic rings. The molecule has 0 aliphatic carbocycles. The lowest BCUT2D eigenvalue weighted by Crippen LogP contribution is -2.07. The number of rotatable bonds is 7. The van der Waals surface area contributed by atoms with Crippen LogP contribution < -0.4 is 14.8 Å². The van der Waals surface area contributed by atoms with Crippen molar-refractivity contribution < 1.29 is 14.3 Å². The Balaban J connectivity index is 1.74. The van der Waals surface area contributed by atoms with E-state index in [4.69, 9.17) is 9.47 Å². The maximum absolute atomic E-state index is 12.3. The van der Waals surface area contributed by atoms with E-state index in [1.54, 1.807) is 13.2 Å². The second-order valence-corrected chi connectivity index (χ2v) is 7.96. The van der Waals surface area contributed by atoms with Crippen molar-refractivity contribution in [2.24, 2.45) is 0 Å². The molecule has 1 N–H and O–H groups in total. The average molecular weight is 517 g/mol. The number of carbonyl (C=O) groups excluding carboxylic acids is 1. The number of carbonyl (C=O) groups is 1. The van der Waals surface area contributed by atoms with Gasteiger partial charge in [-0.1, -0.05) is 62.2 Å². The number of para-hydroxylation sites is 1. The van der Waals surface area contributed by atoms with Crippen LogP contribution >= 0.6 is 31.9 Å². The number of nitrogens with one attached hydrogen (secondary N) is 1. The summed E-state index contributed by atoms with van der Waals surface area (Å²) in [5.41, 5.74) is 2.50. The predicted molar refractivity (Wildman–Crippen MR) is 123 cm³/mol. The Morgan fingerprint density at radius 3 is 2.48 bits per heavy atom. The van der Waals surface area contributed by atoms with E-state index in [0.717, 1.165) is 20.1 Å². The Labute approximate surface area is 186 Å². The van der Waals surface area contributed by atoms with E-state index >= 15 is 0 Å². The van der Waals surface area contributed by atoms with Crippen molar-refractivity contribution in [1.29, 1.82) is 0 Å². The topological polar surface area (TPSA) is 47.6 Å². The molecule has 29 heavy (non-hydrogen) atoms. The van der Waals surface area contributed by atoms with Gasteiger partial charge in [0.15, 0.2) is 11.5 Å². The Hall–Kier alpha value is -2.57. The zero-order valence-corrected chi connectivity index (χ0v) is 18.9. The van der Waals surface area contributed by atoms with E-state index in [9.17, 15) is 4.79 Å². The Bertz CT molecular complexity index is 1020. The van der Waals surface area contributed by atoms with Crippen LogP contribution in [0.2, 0.25) is 0 Å². The molecule has 0 bridgehead atoms. The van der Waals surface area contributed by atoms with Gasteiger partial charge in [0.05, 0.1) is 7.11 Å². The van der Waals surface area contributed by atoms with Gasteiger partial charge in [0, 0.05) is 26.3 Å². The largest absolute Gasteiger partial charge is 0.493 e. The number of anilines is 1. The number of halogens is 2. The molecule has 0 atom stereocenters. The van der Waals surface area contributed by atoms with Gasteiger partial charge in [-0.15, -0.1) is 0 Å². The third-order valence-electron chi connectivity index (χ3n) is 4.03. The number of hydrogen-bond acceptors (Lipinski definition) is 3. The fourth-order valence-electron chi connectivity index (χ4n) is 2.63. The summed E-state index contributed by atoms with van der Waals surface area (Å²) in [6.45, 7) is 0.388. The first-order valence-corrected chi connectivity index (χ1v) is 10.4. The van der Waals surface area contributed by atoms with Gasteiger partial charge in [0.25, 0.3) is 0 Å². The second kappa shape index (κ2) is 10.3. The van der Waals surface area contributed by atoms with Crippen LogP contribution in [0.25, 0.3) is 6.08 Å². The number of hydrogen-bond donors (Lipinski definition) is 1.